The molecule has 6 heteroatoms. The lowest BCUT2D eigenvalue weighted by Crippen LogP contribution is -2.46. The molecular formula is C54H101NO5. The standard InChI is InChI=1S/C54H101NO5/c1-4-7-10-13-16-19-22-24-25-26-27-28-30-32-35-38-41-44-47-54(59)60-50(45-42-39-36-33-31-29-23-20-17-14-11-8-5-2)48-53(58)55-51(49-56)52(57)46-43-40-37-34-21-18-15-12-9-6-3/h17,20,23,27-29,50-52,56-57H,4-16,18-19,21-22,24-26,30-49H2,1-3H3,(H,55,58)/b20-17+,28-27+,29-23+. The maximum atomic E-state index is 13.2. The number of unbranched alkanes of at least 4 members (excludes halogenated alkanes) is 30. The summed E-state index contributed by atoms with van der Waals surface area (Å²) in [7, 11) is 0. The number of hydrogen-bond donors (Lipinski definition) is 3. The van der Waals surface area contributed by atoms with Gasteiger partial charge in [0, 0.05) is 6.42 Å². The summed E-state index contributed by atoms with van der Waals surface area (Å²) < 4.78 is 5.92. The number of hydrogen-bond acceptors (Lipinski definition) is 5. The Morgan fingerprint density at radius 1 is 0.483 bits per heavy atom. The summed E-state index contributed by atoms with van der Waals surface area (Å²) in [6.45, 7) is 6.44. The fourth-order valence-corrected chi connectivity index (χ4v) is 7.95. The number of carbonyl (C=O) groups is 2. The average Bonchev–Trinajstić information content (AvgIpc) is 3.24. The van der Waals surface area contributed by atoms with Gasteiger partial charge < -0.3 is 20.3 Å². The van der Waals surface area contributed by atoms with Crippen molar-refractivity contribution in [2.24, 2.45) is 0 Å². The van der Waals surface area contributed by atoms with Gasteiger partial charge in [-0.05, 0) is 77.0 Å². The van der Waals surface area contributed by atoms with Crippen LogP contribution >= 0.6 is 0 Å². The molecule has 0 saturated carbocycles. The molecule has 0 rings (SSSR count). The molecule has 0 aliphatic heterocycles. The molecule has 3 N–H and O–H groups in total. The zero-order valence-corrected chi connectivity index (χ0v) is 40.1. The molecule has 0 spiro atoms. The lowest BCUT2D eigenvalue weighted by atomic mass is 10.0. The van der Waals surface area contributed by atoms with E-state index in [-0.39, 0.29) is 24.9 Å². The first-order valence-corrected chi connectivity index (χ1v) is 26.2. The first-order valence-electron chi connectivity index (χ1n) is 26.2. The molecule has 6 nitrogen and oxygen atoms in total. The van der Waals surface area contributed by atoms with Crippen molar-refractivity contribution in [2.45, 2.75) is 289 Å². The van der Waals surface area contributed by atoms with Gasteiger partial charge in [-0.3, -0.25) is 9.59 Å². The van der Waals surface area contributed by atoms with Crippen LogP contribution in [0.2, 0.25) is 0 Å². The van der Waals surface area contributed by atoms with Gasteiger partial charge in [0.25, 0.3) is 0 Å². The van der Waals surface area contributed by atoms with Gasteiger partial charge >= 0.3 is 5.97 Å². The average molecular weight is 844 g/mol. The van der Waals surface area contributed by atoms with E-state index in [1.165, 1.54) is 141 Å². The summed E-state index contributed by atoms with van der Waals surface area (Å²) in [5, 5.41) is 23.7. The number of amides is 1. The Bertz CT molecular complexity index is 993. The summed E-state index contributed by atoms with van der Waals surface area (Å²) in [6, 6.07) is -0.707. The Hall–Kier alpha value is -1.92. The van der Waals surface area contributed by atoms with Crippen LogP contribution in [-0.4, -0.2) is 46.9 Å². The Labute approximate surface area is 373 Å². The summed E-state index contributed by atoms with van der Waals surface area (Å²) in [5.41, 5.74) is 0. The van der Waals surface area contributed by atoms with Crippen LogP contribution in [0.4, 0.5) is 0 Å². The van der Waals surface area contributed by atoms with E-state index in [0.717, 1.165) is 83.5 Å². The van der Waals surface area contributed by atoms with Crippen molar-refractivity contribution in [3.8, 4) is 0 Å². The van der Waals surface area contributed by atoms with Crippen molar-refractivity contribution in [1.82, 2.24) is 5.32 Å². The molecule has 3 atom stereocenters. The third-order valence-electron chi connectivity index (χ3n) is 12.0. The zero-order valence-electron chi connectivity index (χ0n) is 40.1. The highest BCUT2D eigenvalue weighted by Crippen LogP contribution is 2.17. The van der Waals surface area contributed by atoms with Gasteiger partial charge in [0.05, 0.1) is 25.2 Å². The molecule has 0 heterocycles. The second-order valence-electron chi connectivity index (χ2n) is 17.9. The van der Waals surface area contributed by atoms with Crippen LogP contribution in [0.1, 0.15) is 271 Å². The molecule has 0 radical (unpaired) electrons. The van der Waals surface area contributed by atoms with Crippen LogP contribution in [-0.2, 0) is 14.3 Å². The predicted molar refractivity (Wildman–Crippen MR) is 259 cm³/mol. The molecule has 0 saturated heterocycles. The quantitative estimate of drug-likeness (QED) is 0.0245. The predicted octanol–water partition coefficient (Wildman–Crippen LogP) is 15.7. The van der Waals surface area contributed by atoms with E-state index in [9.17, 15) is 19.8 Å². The highest BCUT2D eigenvalue weighted by molar-refractivity contribution is 5.77. The van der Waals surface area contributed by atoms with Crippen molar-refractivity contribution < 1.29 is 24.5 Å². The Morgan fingerprint density at radius 2 is 0.850 bits per heavy atom. The first kappa shape index (κ1) is 58.1. The molecule has 0 bridgehead atoms. The van der Waals surface area contributed by atoms with Crippen LogP contribution in [0.15, 0.2) is 36.5 Å². The summed E-state index contributed by atoms with van der Waals surface area (Å²) in [5.74, 6) is -0.496. The van der Waals surface area contributed by atoms with Crippen LogP contribution < -0.4 is 5.32 Å². The van der Waals surface area contributed by atoms with Gasteiger partial charge in [-0.15, -0.1) is 0 Å². The first-order chi connectivity index (χ1) is 29.5. The van der Waals surface area contributed by atoms with E-state index in [1.54, 1.807) is 0 Å². The number of aliphatic hydroxyl groups is 2. The molecule has 0 aromatic carbocycles. The van der Waals surface area contributed by atoms with E-state index in [1.807, 2.05) is 0 Å². The van der Waals surface area contributed by atoms with Gasteiger partial charge in [-0.2, -0.15) is 0 Å². The van der Waals surface area contributed by atoms with Crippen LogP contribution in [0.25, 0.3) is 0 Å². The van der Waals surface area contributed by atoms with Crippen molar-refractivity contribution in [3.63, 3.8) is 0 Å². The summed E-state index contributed by atoms with van der Waals surface area (Å²) in [6.07, 6.45) is 56.4. The van der Waals surface area contributed by atoms with Crippen LogP contribution in [0.3, 0.4) is 0 Å². The van der Waals surface area contributed by atoms with Gasteiger partial charge in [0.1, 0.15) is 6.10 Å². The lowest BCUT2D eigenvalue weighted by Gasteiger charge is -2.24. The Morgan fingerprint density at radius 3 is 1.32 bits per heavy atom. The van der Waals surface area contributed by atoms with E-state index in [0.29, 0.717) is 19.3 Å². The molecule has 1 amide bonds. The number of carbonyl (C=O) groups excluding carboxylic acids is 2. The lowest BCUT2D eigenvalue weighted by molar-refractivity contribution is -0.151. The van der Waals surface area contributed by atoms with Crippen molar-refractivity contribution in [3.05, 3.63) is 36.5 Å². The van der Waals surface area contributed by atoms with Gasteiger partial charge in [-0.25, -0.2) is 0 Å². The normalized spacial score (nSPS) is 13.5. The smallest absolute Gasteiger partial charge is 0.306 e. The minimum absolute atomic E-state index is 0.0627. The molecule has 352 valence electrons. The van der Waals surface area contributed by atoms with E-state index in [2.05, 4.69) is 62.5 Å². The number of esters is 1. The van der Waals surface area contributed by atoms with Crippen LogP contribution in [0.5, 0.6) is 0 Å². The van der Waals surface area contributed by atoms with Gasteiger partial charge in [-0.1, -0.05) is 218 Å². The largest absolute Gasteiger partial charge is 0.462 e. The minimum Gasteiger partial charge on any atom is -0.462 e. The zero-order chi connectivity index (χ0) is 43.8. The topological polar surface area (TPSA) is 95.9 Å². The monoisotopic (exact) mass is 844 g/mol. The molecular weight excluding hydrogens is 743 g/mol. The minimum atomic E-state index is -0.792. The second-order valence-corrected chi connectivity index (χ2v) is 17.9. The van der Waals surface area contributed by atoms with Crippen molar-refractivity contribution in [1.29, 1.82) is 0 Å². The Kier molecular flexibility index (Phi) is 46.6. The molecule has 0 aliphatic rings. The molecule has 0 aliphatic carbocycles. The third kappa shape index (κ3) is 42.8. The number of rotatable bonds is 47. The maximum absolute atomic E-state index is 13.2. The molecule has 0 aromatic rings. The SMILES string of the molecule is CCCCC/C=C/C=C/CCCCCCC(CC(=O)NC(CO)C(O)CCCCCCCCCCCC)OC(=O)CCCCCCC/C=C/CCCCCCCCCCC. The number of nitrogens with one attached hydrogen (secondary N) is 1. The fourth-order valence-electron chi connectivity index (χ4n) is 7.95. The number of ether oxygens (including phenoxy) is 1. The van der Waals surface area contributed by atoms with Gasteiger partial charge in [0.2, 0.25) is 5.91 Å². The maximum Gasteiger partial charge on any atom is 0.306 e. The fraction of sp³-hybridized carbons (Fsp3) is 0.852. The third-order valence-corrected chi connectivity index (χ3v) is 12.0. The second kappa shape index (κ2) is 48.1. The van der Waals surface area contributed by atoms with Crippen LogP contribution in [0, 0.1) is 0 Å². The van der Waals surface area contributed by atoms with E-state index >= 15 is 0 Å². The van der Waals surface area contributed by atoms with E-state index < -0.39 is 18.2 Å². The molecule has 0 aromatic heterocycles. The summed E-state index contributed by atoms with van der Waals surface area (Å²) >= 11 is 0. The highest BCUT2D eigenvalue weighted by Gasteiger charge is 2.24. The van der Waals surface area contributed by atoms with E-state index in [4.69, 9.17) is 4.74 Å². The number of allylic oxidation sites excluding steroid dienone is 6. The number of aliphatic hydroxyl groups excluding tert-OH is 2. The molecule has 0 fully saturated rings. The Balaban J connectivity index is 4.56. The highest BCUT2D eigenvalue weighted by atomic mass is 16.5. The van der Waals surface area contributed by atoms with Gasteiger partial charge in [0.15, 0.2) is 0 Å². The van der Waals surface area contributed by atoms with Crippen molar-refractivity contribution >= 4 is 11.9 Å². The van der Waals surface area contributed by atoms with Crippen molar-refractivity contribution in [2.75, 3.05) is 6.61 Å². The molecule has 3 unspecified atom stereocenters. The summed E-state index contributed by atoms with van der Waals surface area (Å²) in [4.78, 5) is 26.1. The molecule has 60 heavy (non-hydrogen) atoms.